The van der Waals surface area contributed by atoms with E-state index in [1.807, 2.05) is 38.2 Å². The van der Waals surface area contributed by atoms with E-state index in [-0.39, 0.29) is 6.61 Å². The average molecular weight is 198 g/mol. The van der Waals surface area contributed by atoms with Crippen molar-refractivity contribution in [1.29, 1.82) is 0 Å². The van der Waals surface area contributed by atoms with E-state index < -0.39 is 0 Å². The highest BCUT2D eigenvalue weighted by Gasteiger charge is 1.93. The van der Waals surface area contributed by atoms with Crippen molar-refractivity contribution in [3.8, 4) is 0 Å². The third-order valence-corrected chi connectivity index (χ3v) is 1.40. The second kappa shape index (κ2) is 9.86. The number of ether oxygens (including phenoxy) is 2. The van der Waals surface area contributed by atoms with E-state index in [1.165, 1.54) is 6.26 Å². The molecule has 0 amide bonds. The van der Waals surface area contributed by atoms with Crippen LogP contribution in [0.1, 0.15) is 13.8 Å². The van der Waals surface area contributed by atoms with Crippen LogP contribution in [0.4, 0.5) is 0 Å². The maximum atomic E-state index is 8.87. The summed E-state index contributed by atoms with van der Waals surface area (Å²) in [6.45, 7) is 4.63. The molecule has 0 aliphatic rings. The summed E-state index contributed by atoms with van der Waals surface area (Å²) in [5, 5.41) is 8.87. The Morgan fingerprint density at radius 2 is 1.79 bits per heavy atom. The molecule has 3 nitrogen and oxygen atoms in total. The van der Waals surface area contributed by atoms with Gasteiger partial charge in [0, 0.05) is 0 Å². The van der Waals surface area contributed by atoms with Crippen molar-refractivity contribution >= 4 is 0 Å². The Morgan fingerprint density at radius 1 is 1.14 bits per heavy atom. The van der Waals surface area contributed by atoms with E-state index in [4.69, 9.17) is 14.6 Å². The standard InChI is InChI=1S/C11H18O3/c1-3-5-7-13-10-11(9-12)14-8-6-4-2/h3-6,10,12H,7-9H2,1-2H3. The Hall–Kier alpha value is -1.22. The number of aliphatic hydroxyl groups excluding tert-OH is 1. The molecule has 0 aliphatic heterocycles. The van der Waals surface area contributed by atoms with Crippen LogP contribution in [0.15, 0.2) is 36.3 Å². The van der Waals surface area contributed by atoms with Crippen LogP contribution in [-0.4, -0.2) is 24.9 Å². The number of allylic oxidation sites excluding steroid dienone is 2. The molecule has 0 radical (unpaired) electrons. The zero-order chi connectivity index (χ0) is 10.6. The van der Waals surface area contributed by atoms with E-state index in [0.717, 1.165) is 0 Å². The molecular weight excluding hydrogens is 180 g/mol. The molecule has 0 aromatic rings. The quantitative estimate of drug-likeness (QED) is 0.386. The molecule has 0 fully saturated rings. The molecule has 0 spiro atoms. The predicted octanol–water partition coefficient (Wildman–Crippen LogP) is 2.01. The molecule has 0 aromatic heterocycles. The van der Waals surface area contributed by atoms with Crippen LogP contribution in [-0.2, 0) is 9.47 Å². The van der Waals surface area contributed by atoms with E-state index in [9.17, 15) is 0 Å². The second-order valence-electron chi connectivity index (χ2n) is 2.52. The zero-order valence-electron chi connectivity index (χ0n) is 8.77. The maximum absolute atomic E-state index is 8.87. The Balaban J connectivity index is 3.74. The lowest BCUT2D eigenvalue weighted by atomic mass is 10.5. The van der Waals surface area contributed by atoms with Gasteiger partial charge in [0.1, 0.15) is 26.1 Å². The fourth-order valence-electron chi connectivity index (χ4n) is 0.661. The summed E-state index contributed by atoms with van der Waals surface area (Å²) in [6, 6.07) is 0. The van der Waals surface area contributed by atoms with Crippen molar-refractivity contribution in [3.63, 3.8) is 0 Å². The van der Waals surface area contributed by atoms with Crippen molar-refractivity contribution in [1.82, 2.24) is 0 Å². The lowest BCUT2D eigenvalue weighted by Gasteiger charge is -2.05. The molecule has 0 saturated heterocycles. The summed E-state index contributed by atoms with van der Waals surface area (Å²) in [5.41, 5.74) is 0. The van der Waals surface area contributed by atoms with Crippen LogP contribution in [0, 0.1) is 0 Å². The monoisotopic (exact) mass is 198 g/mol. The van der Waals surface area contributed by atoms with E-state index in [2.05, 4.69) is 0 Å². The smallest absolute Gasteiger partial charge is 0.156 e. The summed E-state index contributed by atoms with van der Waals surface area (Å²) in [5.74, 6) is 0.438. The van der Waals surface area contributed by atoms with Gasteiger partial charge in [0.2, 0.25) is 0 Å². The van der Waals surface area contributed by atoms with Crippen LogP contribution in [0.5, 0.6) is 0 Å². The fraction of sp³-hybridized carbons (Fsp3) is 0.455. The third-order valence-electron chi connectivity index (χ3n) is 1.40. The molecule has 0 unspecified atom stereocenters. The van der Waals surface area contributed by atoms with Gasteiger partial charge in [-0.2, -0.15) is 0 Å². The van der Waals surface area contributed by atoms with Gasteiger partial charge in [-0.1, -0.05) is 24.3 Å². The van der Waals surface area contributed by atoms with Crippen molar-refractivity contribution in [2.75, 3.05) is 19.8 Å². The van der Waals surface area contributed by atoms with Crippen LogP contribution < -0.4 is 0 Å². The van der Waals surface area contributed by atoms with Gasteiger partial charge in [0.05, 0.1) is 0 Å². The summed E-state index contributed by atoms with van der Waals surface area (Å²) >= 11 is 0. The third kappa shape index (κ3) is 7.43. The van der Waals surface area contributed by atoms with E-state index in [1.54, 1.807) is 0 Å². The summed E-state index contributed by atoms with van der Waals surface area (Å²) in [7, 11) is 0. The van der Waals surface area contributed by atoms with Crippen molar-refractivity contribution in [3.05, 3.63) is 36.3 Å². The lowest BCUT2D eigenvalue weighted by Crippen LogP contribution is -1.98. The molecule has 0 aromatic carbocycles. The van der Waals surface area contributed by atoms with E-state index in [0.29, 0.717) is 19.0 Å². The predicted molar refractivity (Wildman–Crippen MR) is 56.7 cm³/mol. The SMILES string of the molecule is CC=CCOC=C(CO)OCC=CC. The van der Waals surface area contributed by atoms with Gasteiger partial charge in [0.25, 0.3) is 0 Å². The highest BCUT2D eigenvalue weighted by atomic mass is 16.5. The first-order valence-corrected chi connectivity index (χ1v) is 4.61. The first-order valence-electron chi connectivity index (χ1n) is 4.61. The molecular formula is C11H18O3. The number of hydrogen-bond donors (Lipinski definition) is 1. The van der Waals surface area contributed by atoms with Gasteiger partial charge in [-0.05, 0) is 13.8 Å². The number of hydrogen-bond acceptors (Lipinski definition) is 3. The number of aliphatic hydroxyl groups is 1. The Morgan fingerprint density at radius 3 is 2.36 bits per heavy atom. The van der Waals surface area contributed by atoms with Crippen molar-refractivity contribution in [2.24, 2.45) is 0 Å². The maximum Gasteiger partial charge on any atom is 0.156 e. The first kappa shape index (κ1) is 12.8. The van der Waals surface area contributed by atoms with Crippen molar-refractivity contribution in [2.45, 2.75) is 13.8 Å². The van der Waals surface area contributed by atoms with E-state index >= 15 is 0 Å². The summed E-state index contributed by atoms with van der Waals surface area (Å²) in [4.78, 5) is 0. The molecule has 0 heterocycles. The molecule has 0 rings (SSSR count). The second-order valence-corrected chi connectivity index (χ2v) is 2.52. The van der Waals surface area contributed by atoms with Crippen molar-refractivity contribution < 1.29 is 14.6 Å². The minimum absolute atomic E-state index is 0.145. The van der Waals surface area contributed by atoms with Crippen LogP contribution in [0.3, 0.4) is 0 Å². The van der Waals surface area contributed by atoms with Crippen LogP contribution in [0.25, 0.3) is 0 Å². The largest absolute Gasteiger partial charge is 0.494 e. The highest BCUT2D eigenvalue weighted by Crippen LogP contribution is 1.97. The Kier molecular flexibility index (Phi) is 9.01. The number of rotatable bonds is 7. The molecule has 1 N–H and O–H groups in total. The molecule has 0 atom stereocenters. The van der Waals surface area contributed by atoms with Gasteiger partial charge in [0.15, 0.2) is 5.76 Å². The Bertz CT molecular complexity index is 205. The van der Waals surface area contributed by atoms with Crippen LogP contribution >= 0.6 is 0 Å². The molecule has 0 bridgehead atoms. The minimum atomic E-state index is -0.145. The lowest BCUT2D eigenvalue weighted by molar-refractivity contribution is 0.160. The molecule has 80 valence electrons. The fourth-order valence-corrected chi connectivity index (χ4v) is 0.661. The molecule has 14 heavy (non-hydrogen) atoms. The summed E-state index contributed by atoms with van der Waals surface area (Å²) in [6.07, 6.45) is 8.94. The molecule has 0 aliphatic carbocycles. The molecule has 0 saturated carbocycles. The molecule has 3 heteroatoms. The van der Waals surface area contributed by atoms with Crippen LogP contribution in [0.2, 0.25) is 0 Å². The Labute approximate surface area is 85.3 Å². The van der Waals surface area contributed by atoms with Gasteiger partial charge in [-0.15, -0.1) is 0 Å². The average Bonchev–Trinajstić information content (AvgIpc) is 2.22. The highest BCUT2D eigenvalue weighted by molar-refractivity contribution is 4.90. The summed E-state index contributed by atoms with van der Waals surface area (Å²) < 4.78 is 10.3. The van der Waals surface area contributed by atoms with Gasteiger partial charge < -0.3 is 14.6 Å². The normalized spacial score (nSPS) is 12.6. The van der Waals surface area contributed by atoms with Gasteiger partial charge >= 0.3 is 0 Å². The van der Waals surface area contributed by atoms with Gasteiger partial charge in [-0.25, -0.2) is 0 Å². The minimum Gasteiger partial charge on any atom is -0.494 e. The topological polar surface area (TPSA) is 38.7 Å². The zero-order valence-corrected chi connectivity index (χ0v) is 8.77. The first-order chi connectivity index (χ1) is 6.85. The van der Waals surface area contributed by atoms with Gasteiger partial charge in [-0.3, -0.25) is 0 Å².